The van der Waals surface area contributed by atoms with Gasteiger partial charge in [0.1, 0.15) is 12.4 Å². The number of hydrogen-bond acceptors (Lipinski definition) is 5. The molecule has 24 heavy (non-hydrogen) atoms. The van der Waals surface area contributed by atoms with Gasteiger partial charge in [-0.25, -0.2) is 0 Å². The molecule has 0 saturated carbocycles. The van der Waals surface area contributed by atoms with Gasteiger partial charge in [-0.15, -0.1) is 0 Å². The predicted octanol–water partition coefficient (Wildman–Crippen LogP) is 3.35. The van der Waals surface area contributed by atoms with E-state index in [4.69, 9.17) is 18.9 Å². The van der Waals surface area contributed by atoms with E-state index in [1.165, 1.54) is 0 Å². The van der Waals surface area contributed by atoms with E-state index in [0.29, 0.717) is 19.8 Å². The van der Waals surface area contributed by atoms with Gasteiger partial charge in [-0.3, -0.25) is 4.79 Å². The number of esters is 1. The molecule has 1 aromatic rings. The van der Waals surface area contributed by atoms with E-state index in [2.05, 4.69) is 0 Å². The highest BCUT2D eigenvalue weighted by Gasteiger charge is 2.27. The molecule has 5 heteroatoms. The Morgan fingerprint density at radius 3 is 2.58 bits per heavy atom. The van der Waals surface area contributed by atoms with Crippen LogP contribution in [0.15, 0.2) is 24.3 Å². The molecule has 1 heterocycles. The Morgan fingerprint density at radius 2 is 1.96 bits per heavy atom. The lowest BCUT2D eigenvalue weighted by atomic mass is 9.97. The Labute approximate surface area is 144 Å². The number of hydrogen-bond donors (Lipinski definition) is 0. The van der Waals surface area contributed by atoms with E-state index in [-0.39, 0.29) is 18.2 Å². The smallest absolute Gasteiger partial charge is 0.311 e. The highest BCUT2D eigenvalue weighted by atomic mass is 16.6. The Bertz CT molecular complexity index is 518. The maximum absolute atomic E-state index is 11.8. The minimum atomic E-state index is -0.487. The van der Waals surface area contributed by atoms with E-state index in [0.717, 1.165) is 24.2 Å². The minimum Gasteiger partial charge on any atom is -0.497 e. The summed E-state index contributed by atoms with van der Waals surface area (Å²) in [6.07, 6.45) is 1.64. The van der Waals surface area contributed by atoms with Crippen LogP contribution in [0.5, 0.6) is 5.75 Å². The topological polar surface area (TPSA) is 54.0 Å². The third-order valence-electron chi connectivity index (χ3n) is 3.98. The number of benzene rings is 1. The van der Waals surface area contributed by atoms with Crippen molar-refractivity contribution < 1.29 is 23.7 Å². The molecule has 5 nitrogen and oxygen atoms in total. The molecular weight excluding hydrogens is 308 g/mol. The molecule has 1 aliphatic rings. The van der Waals surface area contributed by atoms with Gasteiger partial charge in [-0.05, 0) is 44.9 Å². The highest BCUT2D eigenvalue weighted by molar-refractivity contribution is 5.75. The first kappa shape index (κ1) is 18.7. The van der Waals surface area contributed by atoms with Crippen molar-refractivity contribution in [1.29, 1.82) is 0 Å². The lowest BCUT2D eigenvalue weighted by Crippen LogP contribution is -2.35. The Kier molecular flexibility index (Phi) is 6.63. The zero-order valence-electron chi connectivity index (χ0n) is 15.0. The van der Waals surface area contributed by atoms with Gasteiger partial charge in [0.2, 0.25) is 0 Å². The molecule has 0 spiro atoms. The molecule has 0 unspecified atom stereocenters. The van der Waals surface area contributed by atoms with Crippen molar-refractivity contribution >= 4 is 5.97 Å². The second-order valence-corrected chi connectivity index (χ2v) is 7.15. The Balaban J connectivity index is 1.75. The maximum atomic E-state index is 11.8. The first-order chi connectivity index (χ1) is 11.4. The predicted molar refractivity (Wildman–Crippen MR) is 91.0 cm³/mol. The van der Waals surface area contributed by atoms with Gasteiger partial charge >= 0.3 is 5.97 Å². The summed E-state index contributed by atoms with van der Waals surface area (Å²) in [6, 6.07) is 7.86. The van der Waals surface area contributed by atoms with Crippen molar-refractivity contribution in [2.24, 2.45) is 5.41 Å². The first-order valence-corrected chi connectivity index (χ1v) is 8.42. The van der Waals surface area contributed by atoms with Crippen molar-refractivity contribution in [3.05, 3.63) is 29.8 Å². The fourth-order valence-electron chi connectivity index (χ4n) is 2.43. The molecule has 1 aromatic carbocycles. The third-order valence-corrected chi connectivity index (χ3v) is 3.98. The number of carbonyl (C=O) groups is 1. The monoisotopic (exact) mass is 336 g/mol. The lowest BCUT2D eigenvalue weighted by molar-refractivity contribution is -0.161. The second-order valence-electron chi connectivity index (χ2n) is 7.15. The van der Waals surface area contributed by atoms with Crippen LogP contribution in [-0.2, 0) is 25.6 Å². The van der Waals surface area contributed by atoms with Crippen LogP contribution in [0.25, 0.3) is 0 Å². The van der Waals surface area contributed by atoms with E-state index < -0.39 is 5.41 Å². The van der Waals surface area contributed by atoms with Crippen LogP contribution in [-0.4, -0.2) is 38.5 Å². The average Bonchev–Trinajstić information content (AvgIpc) is 2.58. The standard InChI is InChI=1S/C19H28O5/c1-19(2,3)18(20)24-13-17-11-16(9-10-22-17)23-12-14-5-7-15(21-4)8-6-14/h5-8,16-17H,9-13H2,1-4H3/t16-,17+/m1/s1. The summed E-state index contributed by atoms with van der Waals surface area (Å²) in [7, 11) is 1.65. The second kappa shape index (κ2) is 8.49. The summed E-state index contributed by atoms with van der Waals surface area (Å²) in [5.74, 6) is 0.637. The van der Waals surface area contributed by atoms with Crippen LogP contribution in [0, 0.1) is 5.41 Å². The number of carbonyl (C=O) groups excluding carboxylic acids is 1. The van der Waals surface area contributed by atoms with Crippen molar-refractivity contribution in [2.45, 2.75) is 52.4 Å². The molecule has 0 N–H and O–H groups in total. The van der Waals surface area contributed by atoms with Crippen LogP contribution in [0.3, 0.4) is 0 Å². The van der Waals surface area contributed by atoms with E-state index in [1.807, 2.05) is 45.0 Å². The van der Waals surface area contributed by atoms with Crippen molar-refractivity contribution in [1.82, 2.24) is 0 Å². The summed E-state index contributed by atoms with van der Waals surface area (Å²) in [5, 5.41) is 0. The van der Waals surface area contributed by atoms with Crippen molar-refractivity contribution in [3.63, 3.8) is 0 Å². The average molecular weight is 336 g/mol. The Morgan fingerprint density at radius 1 is 1.25 bits per heavy atom. The lowest BCUT2D eigenvalue weighted by Gasteiger charge is -2.30. The van der Waals surface area contributed by atoms with Crippen LogP contribution >= 0.6 is 0 Å². The molecule has 0 aliphatic carbocycles. The fourth-order valence-corrected chi connectivity index (χ4v) is 2.43. The van der Waals surface area contributed by atoms with E-state index in [9.17, 15) is 4.79 Å². The maximum Gasteiger partial charge on any atom is 0.311 e. The summed E-state index contributed by atoms with van der Waals surface area (Å²) in [6.45, 7) is 7.01. The van der Waals surface area contributed by atoms with Gasteiger partial charge in [-0.2, -0.15) is 0 Å². The van der Waals surface area contributed by atoms with Gasteiger partial charge in [0, 0.05) is 13.0 Å². The number of rotatable bonds is 6. The fraction of sp³-hybridized carbons (Fsp3) is 0.632. The molecule has 134 valence electrons. The molecule has 0 radical (unpaired) electrons. The van der Waals surface area contributed by atoms with Gasteiger partial charge in [0.25, 0.3) is 0 Å². The molecule has 0 aromatic heterocycles. The summed E-state index contributed by atoms with van der Waals surface area (Å²) in [4.78, 5) is 11.8. The van der Waals surface area contributed by atoms with Crippen LogP contribution in [0.1, 0.15) is 39.2 Å². The largest absolute Gasteiger partial charge is 0.497 e. The van der Waals surface area contributed by atoms with Crippen molar-refractivity contribution in [2.75, 3.05) is 20.3 Å². The molecule has 0 bridgehead atoms. The van der Waals surface area contributed by atoms with E-state index >= 15 is 0 Å². The molecular formula is C19H28O5. The van der Waals surface area contributed by atoms with Gasteiger partial charge in [-0.1, -0.05) is 12.1 Å². The summed E-state index contributed by atoms with van der Waals surface area (Å²) in [5.41, 5.74) is 0.622. The van der Waals surface area contributed by atoms with Crippen LogP contribution in [0.2, 0.25) is 0 Å². The number of methoxy groups -OCH3 is 1. The number of ether oxygens (including phenoxy) is 4. The quantitative estimate of drug-likeness (QED) is 0.746. The summed E-state index contributed by atoms with van der Waals surface area (Å²) >= 11 is 0. The minimum absolute atomic E-state index is 0.0917. The zero-order valence-corrected chi connectivity index (χ0v) is 15.0. The van der Waals surface area contributed by atoms with E-state index in [1.54, 1.807) is 7.11 Å². The van der Waals surface area contributed by atoms with Gasteiger partial charge < -0.3 is 18.9 Å². The van der Waals surface area contributed by atoms with Crippen LogP contribution in [0.4, 0.5) is 0 Å². The Hall–Kier alpha value is -1.59. The molecule has 1 aliphatic heterocycles. The van der Waals surface area contributed by atoms with Gasteiger partial charge in [0.15, 0.2) is 0 Å². The highest BCUT2D eigenvalue weighted by Crippen LogP contribution is 2.21. The van der Waals surface area contributed by atoms with Gasteiger partial charge in [0.05, 0.1) is 31.3 Å². The molecule has 2 atom stereocenters. The van der Waals surface area contributed by atoms with Crippen molar-refractivity contribution in [3.8, 4) is 5.75 Å². The first-order valence-electron chi connectivity index (χ1n) is 8.42. The normalized spacial score (nSPS) is 21.3. The third kappa shape index (κ3) is 5.80. The molecule has 1 saturated heterocycles. The molecule has 1 fully saturated rings. The zero-order chi connectivity index (χ0) is 17.6. The molecule has 0 amide bonds. The molecule has 2 rings (SSSR count). The summed E-state index contributed by atoms with van der Waals surface area (Å²) < 4.78 is 22.2. The SMILES string of the molecule is COc1ccc(CO[C@@H]2CCO[C@H](COC(=O)C(C)(C)C)C2)cc1. The van der Waals surface area contributed by atoms with Crippen LogP contribution < -0.4 is 4.74 Å².